The molecule has 0 spiro atoms. The third-order valence-corrected chi connectivity index (χ3v) is 3.80. The molecular formula is C18H18N2O2. The van der Waals surface area contributed by atoms with Gasteiger partial charge in [0.05, 0.1) is 12.8 Å². The average molecular weight is 294 g/mol. The van der Waals surface area contributed by atoms with Gasteiger partial charge in [-0.05, 0) is 42.3 Å². The second kappa shape index (κ2) is 6.43. The van der Waals surface area contributed by atoms with E-state index in [4.69, 9.17) is 4.74 Å². The Hall–Kier alpha value is -2.62. The lowest BCUT2D eigenvalue weighted by Gasteiger charge is -2.11. The molecule has 0 radical (unpaired) electrons. The molecule has 0 aromatic heterocycles. The first-order valence-corrected chi connectivity index (χ1v) is 7.33. The maximum Gasteiger partial charge on any atom is 0.251 e. The van der Waals surface area contributed by atoms with Crippen molar-refractivity contribution in [2.24, 2.45) is 4.99 Å². The van der Waals surface area contributed by atoms with Gasteiger partial charge in [-0.15, -0.1) is 0 Å². The second-order valence-corrected chi connectivity index (χ2v) is 5.22. The number of ether oxygens (including phenoxy) is 1. The number of methoxy groups -OCH3 is 1. The predicted molar refractivity (Wildman–Crippen MR) is 87.3 cm³/mol. The summed E-state index contributed by atoms with van der Waals surface area (Å²) in [5, 5.41) is 2.95. The number of fused-ring (bicyclic) bond motifs is 1. The van der Waals surface area contributed by atoms with Gasteiger partial charge < -0.3 is 10.1 Å². The molecule has 3 rings (SSSR count). The first kappa shape index (κ1) is 14.3. The molecule has 1 N–H and O–H groups in total. The minimum absolute atomic E-state index is 0.0404. The number of hydrogen-bond donors (Lipinski definition) is 1. The Balaban J connectivity index is 1.58. The van der Waals surface area contributed by atoms with Crippen molar-refractivity contribution in [2.45, 2.75) is 12.3 Å². The summed E-state index contributed by atoms with van der Waals surface area (Å²) >= 11 is 0. The molecule has 1 heterocycles. The van der Waals surface area contributed by atoms with Gasteiger partial charge in [0.25, 0.3) is 5.91 Å². The summed E-state index contributed by atoms with van der Waals surface area (Å²) in [6, 6.07) is 15.1. The van der Waals surface area contributed by atoms with Crippen molar-refractivity contribution in [1.29, 1.82) is 0 Å². The summed E-state index contributed by atoms with van der Waals surface area (Å²) in [5.74, 6) is 1.02. The quantitative estimate of drug-likeness (QED) is 0.919. The van der Waals surface area contributed by atoms with Crippen LogP contribution in [-0.2, 0) is 0 Å². The molecule has 0 fully saturated rings. The zero-order chi connectivity index (χ0) is 15.4. The summed E-state index contributed by atoms with van der Waals surface area (Å²) in [7, 11) is 1.66. The SMILES string of the molecule is COc1ccc2c(c1)C(CCNC(=O)c1ccccc1)C=N2. The number of hydrogen-bond acceptors (Lipinski definition) is 3. The Labute approximate surface area is 129 Å². The van der Waals surface area contributed by atoms with Crippen LogP contribution in [-0.4, -0.2) is 25.8 Å². The van der Waals surface area contributed by atoms with Crippen LogP contribution >= 0.6 is 0 Å². The van der Waals surface area contributed by atoms with Crippen LogP contribution in [0.15, 0.2) is 53.5 Å². The van der Waals surface area contributed by atoms with Gasteiger partial charge >= 0.3 is 0 Å². The van der Waals surface area contributed by atoms with E-state index in [1.807, 2.05) is 54.7 Å². The summed E-state index contributed by atoms with van der Waals surface area (Å²) < 4.78 is 5.26. The predicted octanol–water partition coefficient (Wildman–Crippen LogP) is 3.31. The molecule has 1 amide bonds. The molecule has 4 nitrogen and oxygen atoms in total. The minimum atomic E-state index is -0.0404. The molecule has 22 heavy (non-hydrogen) atoms. The summed E-state index contributed by atoms with van der Waals surface area (Å²) in [4.78, 5) is 16.4. The molecule has 0 saturated carbocycles. The Morgan fingerprint density at radius 2 is 2.05 bits per heavy atom. The molecule has 1 unspecified atom stereocenters. The Morgan fingerprint density at radius 3 is 2.82 bits per heavy atom. The zero-order valence-electron chi connectivity index (χ0n) is 12.5. The molecule has 4 heteroatoms. The standard InChI is InChI=1S/C18H18N2O2/c1-22-15-7-8-17-16(11-15)14(12-20-17)9-10-19-18(21)13-5-3-2-4-6-13/h2-8,11-12,14H,9-10H2,1H3,(H,19,21). The number of carbonyl (C=O) groups excluding carboxylic acids is 1. The highest BCUT2D eigenvalue weighted by Crippen LogP contribution is 2.36. The maximum atomic E-state index is 12.0. The Morgan fingerprint density at radius 1 is 1.23 bits per heavy atom. The van der Waals surface area contributed by atoms with E-state index in [0.29, 0.717) is 12.1 Å². The Bertz CT molecular complexity index is 695. The van der Waals surface area contributed by atoms with Crippen LogP contribution in [0.3, 0.4) is 0 Å². The van der Waals surface area contributed by atoms with Crippen molar-refractivity contribution in [3.8, 4) is 5.75 Å². The van der Waals surface area contributed by atoms with Crippen molar-refractivity contribution in [2.75, 3.05) is 13.7 Å². The number of rotatable bonds is 5. The van der Waals surface area contributed by atoms with Gasteiger partial charge in [-0.2, -0.15) is 0 Å². The largest absolute Gasteiger partial charge is 0.497 e. The summed E-state index contributed by atoms with van der Waals surface area (Å²) in [6.45, 7) is 0.612. The normalized spacial score (nSPS) is 15.4. The number of carbonyl (C=O) groups is 1. The number of nitrogens with zero attached hydrogens (tertiary/aromatic N) is 1. The molecular weight excluding hydrogens is 276 g/mol. The van der Waals surface area contributed by atoms with Crippen molar-refractivity contribution < 1.29 is 9.53 Å². The van der Waals surface area contributed by atoms with Gasteiger partial charge in [-0.1, -0.05) is 18.2 Å². The van der Waals surface area contributed by atoms with E-state index in [1.165, 1.54) is 0 Å². The van der Waals surface area contributed by atoms with Gasteiger partial charge in [0.15, 0.2) is 0 Å². The zero-order valence-corrected chi connectivity index (χ0v) is 12.5. The number of nitrogens with one attached hydrogen (secondary N) is 1. The average Bonchev–Trinajstić information content (AvgIpc) is 2.98. The number of benzene rings is 2. The van der Waals surface area contributed by atoms with Crippen molar-refractivity contribution in [3.63, 3.8) is 0 Å². The van der Waals surface area contributed by atoms with Gasteiger partial charge in [-0.3, -0.25) is 9.79 Å². The monoisotopic (exact) mass is 294 g/mol. The van der Waals surface area contributed by atoms with E-state index in [0.717, 1.165) is 23.4 Å². The lowest BCUT2D eigenvalue weighted by molar-refractivity contribution is 0.0953. The fourth-order valence-electron chi connectivity index (χ4n) is 2.59. The van der Waals surface area contributed by atoms with Crippen LogP contribution in [0.5, 0.6) is 5.75 Å². The second-order valence-electron chi connectivity index (χ2n) is 5.22. The van der Waals surface area contributed by atoms with Crippen LogP contribution in [0.1, 0.15) is 28.3 Å². The van der Waals surface area contributed by atoms with E-state index < -0.39 is 0 Å². The lowest BCUT2D eigenvalue weighted by Crippen LogP contribution is -2.25. The van der Waals surface area contributed by atoms with E-state index in [-0.39, 0.29) is 11.8 Å². The fourth-order valence-corrected chi connectivity index (χ4v) is 2.59. The van der Waals surface area contributed by atoms with Crippen molar-refractivity contribution in [3.05, 3.63) is 59.7 Å². The molecule has 0 saturated heterocycles. The maximum absolute atomic E-state index is 12.0. The highest BCUT2D eigenvalue weighted by Gasteiger charge is 2.19. The van der Waals surface area contributed by atoms with E-state index in [2.05, 4.69) is 10.3 Å². The molecule has 2 aromatic rings. The third-order valence-electron chi connectivity index (χ3n) is 3.80. The van der Waals surface area contributed by atoms with E-state index in [9.17, 15) is 4.79 Å². The van der Waals surface area contributed by atoms with Crippen LogP contribution in [0, 0.1) is 0 Å². The minimum Gasteiger partial charge on any atom is -0.497 e. The van der Waals surface area contributed by atoms with Gasteiger partial charge in [0.1, 0.15) is 5.75 Å². The number of aliphatic imine (C=N–C) groups is 1. The molecule has 0 aliphatic carbocycles. The first-order chi connectivity index (χ1) is 10.8. The highest BCUT2D eigenvalue weighted by atomic mass is 16.5. The molecule has 0 bridgehead atoms. The summed E-state index contributed by atoms with van der Waals surface area (Å²) in [6.07, 6.45) is 2.76. The third kappa shape index (κ3) is 3.01. The molecule has 1 aliphatic rings. The lowest BCUT2D eigenvalue weighted by atomic mass is 9.97. The van der Waals surface area contributed by atoms with Crippen LogP contribution < -0.4 is 10.1 Å². The molecule has 2 aromatic carbocycles. The highest BCUT2D eigenvalue weighted by molar-refractivity contribution is 5.94. The molecule has 1 atom stereocenters. The van der Waals surface area contributed by atoms with Crippen LogP contribution in [0.4, 0.5) is 5.69 Å². The summed E-state index contributed by atoms with van der Waals surface area (Å²) in [5.41, 5.74) is 2.83. The first-order valence-electron chi connectivity index (χ1n) is 7.33. The van der Waals surface area contributed by atoms with Crippen LogP contribution in [0.2, 0.25) is 0 Å². The van der Waals surface area contributed by atoms with Gasteiger partial charge in [0.2, 0.25) is 0 Å². The molecule has 1 aliphatic heterocycles. The number of amides is 1. The smallest absolute Gasteiger partial charge is 0.251 e. The van der Waals surface area contributed by atoms with Crippen LogP contribution in [0.25, 0.3) is 0 Å². The molecule has 112 valence electrons. The van der Waals surface area contributed by atoms with Gasteiger partial charge in [-0.25, -0.2) is 0 Å². The fraction of sp³-hybridized carbons (Fsp3) is 0.222. The van der Waals surface area contributed by atoms with Crippen molar-refractivity contribution in [1.82, 2.24) is 5.32 Å². The topological polar surface area (TPSA) is 50.7 Å². The van der Waals surface area contributed by atoms with E-state index >= 15 is 0 Å². The van der Waals surface area contributed by atoms with Gasteiger partial charge in [0, 0.05) is 24.2 Å². The Kier molecular flexibility index (Phi) is 4.19. The van der Waals surface area contributed by atoms with E-state index in [1.54, 1.807) is 7.11 Å². The van der Waals surface area contributed by atoms with Crippen molar-refractivity contribution >= 4 is 17.8 Å².